The van der Waals surface area contributed by atoms with Gasteiger partial charge in [0.2, 0.25) is 0 Å². The molecule has 0 saturated carbocycles. The molecular weight excluding hydrogens is 458 g/mol. The number of ether oxygens (including phenoxy) is 1. The number of rotatable bonds is 3. The normalized spacial score (nSPS) is 17.4. The zero-order valence-electron chi connectivity index (χ0n) is 17.5. The zero-order chi connectivity index (χ0) is 24.6. The Balaban J connectivity index is 1.75. The molecule has 1 amide bonds. The minimum atomic E-state index is -4.92. The molecule has 13 heteroatoms. The lowest BCUT2D eigenvalue weighted by Gasteiger charge is -2.43. The molecule has 2 aromatic rings. The summed E-state index contributed by atoms with van der Waals surface area (Å²) in [6.07, 6.45) is -8.75. The summed E-state index contributed by atoms with van der Waals surface area (Å²) in [7, 11) is 0. The van der Waals surface area contributed by atoms with Crippen molar-refractivity contribution in [2.75, 3.05) is 24.5 Å². The van der Waals surface area contributed by atoms with E-state index in [1.807, 2.05) is 18.8 Å². The molecule has 0 radical (unpaired) electrons. The first kappa shape index (κ1) is 24.4. The Morgan fingerprint density at radius 1 is 1.15 bits per heavy atom. The standard InChI is InChI=1S/C20H20F6N4O3/c1-11(2)15-10-29(16-4-3-12(8-27-16)19(21,22)23)5-6-30(15)18(32)33-13-7-14(20(24,25)26)17(31)28-9-13/h3-4,7-9,11,15H,5-6,10H2,1-2H3,(H,28,31). The monoisotopic (exact) mass is 478 g/mol. The third-order valence-electron chi connectivity index (χ3n) is 5.21. The van der Waals surface area contributed by atoms with Crippen LogP contribution in [0, 0.1) is 5.92 Å². The molecule has 1 fully saturated rings. The van der Waals surface area contributed by atoms with Gasteiger partial charge in [0.15, 0.2) is 0 Å². The number of aromatic amines is 1. The molecule has 7 nitrogen and oxygen atoms in total. The number of carbonyl (C=O) groups is 1. The summed E-state index contributed by atoms with van der Waals surface area (Å²) < 4.78 is 82.2. The van der Waals surface area contributed by atoms with Gasteiger partial charge in [-0.2, -0.15) is 26.3 Å². The summed E-state index contributed by atoms with van der Waals surface area (Å²) in [5.41, 5.74) is -3.74. The maximum Gasteiger partial charge on any atom is 0.421 e. The van der Waals surface area contributed by atoms with Crippen molar-refractivity contribution in [2.45, 2.75) is 32.2 Å². The molecule has 0 aliphatic carbocycles. The predicted molar refractivity (Wildman–Crippen MR) is 105 cm³/mol. The van der Waals surface area contributed by atoms with E-state index in [1.54, 1.807) is 4.90 Å². The fourth-order valence-corrected chi connectivity index (χ4v) is 3.45. The van der Waals surface area contributed by atoms with Crippen molar-refractivity contribution in [2.24, 2.45) is 5.92 Å². The number of H-pyrrole nitrogens is 1. The molecule has 3 heterocycles. The van der Waals surface area contributed by atoms with Crippen molar-refractivity contribution >= 4 is 11.9 Å². The van der Waals surface area contributed by atoms with Gasteiger partial charge in [0, 0.05) is 38.1 Å². The van der Waals surface area contributed by atoms with Crippen LogP contribution in [0.15, 0.2) is 35.4 Å². The second kappa shape index (κ2) is 8.94. The molecule has 1 atom stereocenters. The summed E-state index contributed by atoms with van der Waals surface area (Å²) in [5.74, 6) is -0.283. The highest BCUT2D eigenvalue weighted by Gasteiger charge is 2.37. The molecule has 1 N–H and O–H groups in total. The number of pyridine rings is 2. The predicted octanol–water partition coefficient (Wildman–Crippen LogP) is 4.15. The van der Waals surface area contributed by atoms with E-state index in [0.29, 0.717) is 11.9 Å². The molecule has 33 heavy (non-hydrogen) atoms. The van der Waals surface area contributed by atoms with Crippen LogP contribution in [-0.2, 0) is 12.4 Å². The number of piperazine rings is 1. The largest absolute Gasteiger partial charge is 0.421 e. The number of aromatic nitrogens is 2. The summed E-state index contributed by atoms with van der Waals surface area (Å²) in [4.78, 5) is 32.9. The van der Waals surface area contributed by atoms with Crippen LogP contribution in [0.4, 0.5) is 37.0 Å². The zero-order valence-corrected chi connectivity index (χ0v) is 17.5. The highest BCUT2D eigenvalue weighted by molar-refractivity contribution is 5.71. The van der Waals surface area contributed by atoms with Gasteiger partial charge in [0.1, 0.15) is 17.1 Å². The molecule has 0 bridgehead atoms. The Morgan fingerprint density at radius 2 is 1.85 bits per heavy atom. The highest BCUT2D eigenvalue weighted by Crippen LogP contribution is 2.31. The summed E-state index contributed by atoms with van der Waals surface area (Å²) in [6, 6.07) is 2.15. The lowest BCUT2D eigenvalue weighted by Crippen LogP contribution is -2.58. The summed E-state index contributed by atoms with van der Waals surface area (Å²) in [5, 5.41) is 0. The number of nitrogens with one attached hydrogen (secondary N) is 1. The van der Waals surface area contributed by atoms with Gasteiger partial charge in [-0.05, 0) is 18.1 Å². The van der Waals surface area contributed by atoms with E-state index < -0.39 is 46.9 Å². The Bertz CT molecular complexity index is 1050. The lowest BCUT2D eigenvalue weighted by atomic mass is 10.00. The quantitative estimate of drug-likeness (QED) is 0.671. The van der Waals surface area contributed by atoms with E-state index in [0.717, 1.165) is 18.5 Å². The van der Waals surface area contributed by atoms with Gasteiger partial charge >= 0.3 is 18.4 Å². The number of anilines is 1. The molecule has 0 aromatic carbocycles. The molecule has 2 aromatic heterocycles. The first-order valence-corrected chi connectivity index (χ1v) is 9.84. The number of amides is 1. The van der Waals surface area contributed by atoms with Gasteiger partial charge in [-0.1, -0.05) is 13.8 Å². The van der Waals surface area contributed by atoms with Crippen molar-refractivity contribution in [3.8, 4) is 5.75 Å². The van der Waals surface area contributed by atoms with Crippen LogP contribution in [0.1, 0.15) is 25.0 Å². The number of nitrogens with zero attached hydrogens (tertiary/aromatic N) is 3. The van der Waals surface area contributed by atoms with Crippen LogP contribution in [-0.4, -0.2) is 46.6 Å². The molecule has 180 valence electrons. The Hall–Kier alpha value is -3.25. The average molecular weight is 478 g/mol. The fraction of sp³-hybridized carbons (Fsp3) is 0.450. The summed E-state index contributed by atoms with van der Waals surface area (Å²) in [6.45, 7) is 4.17. The van der Waals surface area contributed by atoms with E-state index in [-0.39, 0.29) is 25.6 Å². The first-order valence-electron chi connectivity index (χ1n) is 9.84. The Kier molecular flexibility index (Phi) is 6.61. The highest BCUT2D eigenvalue weighted by atomic mass is 19.4. The molecule has 1 saturated heterocycles. The van der Waals surface area contributed by atoms with Gasteiger partial charge in [-0.3, -0.25) is 4.79 Å². The van der Waals surface area contributed by atoms with Crippen LogP contribution in [0.25, 0.3) is 0 Å². The SMILES string of the molecule is CC(C)C1CN(c2ccc(C(F)(F)F)cn2)CCN1C(=O)Oc1c[nH]c(=O)c(C(F)(F)F)c1. The number of carbonyl (C=O) groups excluding carboxylic acids is 1. The minimum absolute atomic E-state index is 0.0971. The third-order valence-corrected chi connectivity index (χ3v) is 5.21. The fourth-order valence-electron chi connectivity index (χ4n) is 3.45. The number of alkyl halides is 6. The number of hydrogen-bond acceptors (Lipinski definition) is 5. The van der Waals surface area contributed by atoms with Gasteiger partial charge in [-0.15, -0.1) is 0 Å². The molecule has 0 spiro atoms. The molecule has 3 rings (SSSR count). The van der Waals surface area contributed by atoms with Crippen molar-refractivity contribution in [1.29, 1.82) is 0 Å². The third kappa shape index (κ3) is 5.57. The van der Waals surface area contributed by atoms with Crippen LogP contribution >= 0.6 is 0 Å². The topological polar surface area (TPSA) is 78.5 Å². The van der Waals surface area contributed by atoms with Crippen LogP contribution in [0.5, 0.6) is 5.75 Å². The van der Waals surface area contributed by atoms with Crippen molar-refractivity contribution < 1.29 is 35.9 Å². The average Bonchev–Trinajstić information content (AvgIpc) is 2.73. The van der Waals surface area contributed by atoms with E-state index in [2.05, 4.69) is 4.98 Å². The van der Waals surface area contributed by atoms with Gasteiger partial charge in [0.25, 0.3) is 5.56 Å². The van der Waals surface area contributed by atoms with E-state index in [9.17, 15) is 35.9 Å². The maximum absolute atomic E-state index is 12.9. The maximum atomic E-state index is 12.9. The van der Waals surface area contributed by atoms with Crippen LogP contribution in [0.3, 0.4) is 0 Å². The minimum Gasteiger partial charge on any atom is -0.409 e. The van der Waals surface area contributed by atoms with Gasteiger partial charge in [-0.25, -0.2) is 9.78 Å². The van der Waals surface area contributed by atoms with Gasteiger partial charge in [0.05, 0.1) is 11.6 Å². The molecule has 1 aliphatic heterocycles. The van der Waals surface area contributed by atoms with E-state index in [1.165, 1.54) is 11.0 Å². The first-order chi connectivity index (χ1) is 15.3. The van der Waals surface area contributed by atoms with Crippen LogP contribution < -0.4 is 15.2 Å². The Morgan fingerprint density at radius 3 is 2.39 bits per heavy atom. The smallest absolute Gasteiger partial charge is 0.409 e. The van der Waals surface area contributed by atoms with E-state index in [4.69, 9.17) is 4.74 Å². The molecule has 1 aliphatic rings. The number of halogens is 6. The summed E-state index contributed by atoms with van der Waals surface area (Å²) >= 11 is 0. The lowest BCUT2D eigenvalue weighted by molar-refractivity contribution is -0.139. The Labute approximate surface area is 184 Å². The van der Waals surface area contributed by atoms with Gasteiger partial charge < -0.3 is 19.5 Å². The van der Waals surface area contributed by atoms with Crippen molar-refractivity contribution in [1.82, 2.24) is 14.9 Å². The van der Waals surface area contributed by atoms with Crippen LogP contribution in [0.2, 0.25) is 0 Å². The number of hydrogen-bond donors (Lipinski definition) is 1. The second-order valence-corrected chi connectivity index (χ2v) is 7.80. The molecular formula is C20H20F6N4O3. The second-order valence-electron chi connectivity index (χ2n) is 7.80. The molecule has 1 unspecified atom stereocenters. The van der Waals surface area contributed by atoms with Crippen molar-refractivity contribution in [3.63, 3.8) is 0 Å². The van der Waals surface area contributed by atoms with E-state index >= 15 is 0 Å². The van der Waals surface area contributed by atoms with Crippen molar-refractivity contribution in [3.05, 3.63) is 52.1 Å².